The Bertz CT molecular complexity index is 430. The molecule has 1 saturated heterocycles. The minimum absolute atomic E-state index is 0.00160. The van der Waals surface area contributed by atoms with Crippen LogP contribution >= 0.6 is 11.8 Å². The molecule has 0 unspecified atom stereocenters. The number of nitrogens with one attached hydrogen (secondary N) is 1. The summed E-state index contributed by atoms with van der Waals surface area (Å²) in [6.07, 6.45) is -3.51. The molecule has 0 aromatic carbocycles. The fraction of sp³-hybridized carbons (Fsp3) is 0.636. The summed E-state index contributed by atoms with van der Waals surface area (Å²) in [5.74, 6) is 2.28. The number of rotatable bonds is 2. The van der Waals surface area contributed by atoms with Gasteiger partial charge in [0.05, 0.1) is 0 Å². The predicted molar refractivity (Wildman–Crippen MR) is 70.7 cm³/mol. The largest absolute Gasteiger partial charge is 0.433 e. The van der Waals surface area contributed by atoms with Gasteiger partial charge in [-0.05, 0) is 12.2 Å². The summed E-state index contributed by atoms with van der Waals surface area (Å²) in [4.78, 5) is 9.47. The van der Waals surface area contributed by atoms with E-state index >= 15 is 0 Å². The summed E-state index contributed by atoms with van der Waals surface area (Å²) < 4.78 is 38.4. The minimum Gasteiger partial charge on any atom is -0.357 e. The third-order valence-corrected chi connectivity index (χ3v) is 3.82. The average Bonchev–Trinajstić information content (AvgIpc) is 2.66. The first-order valence-corrected chi connectivity index (χ1v) is 7.13. The molecule has 0 atom stereocenters. The fourth-order valence-corrected chi connectivity index (χ4v) is 2.72. The topological polar surface area (TPSA) is 41.1 Å². The second-order valence-corrected chi connectivity index (χ2v) is 5.36. The molecule has 4 nitrogen and oxygen atoms in total. The molecule has 1 aliphatic heterocycles. The molecule has 0 saturated carbocycles. The molecule has 0 bridgehead atoms. The van der Waals surface area contributed by atoms with Crippen molar-refractivity contribution >= 4 is 23.5 Å². The van der Waals surface area contributed by atoms with E-state index < -0.39 is 11.9 Å². The average molecular weight is 292 g/mol. The van der Waals surface area contributed by atoms with Crippen molar-refractivity contribution in [2.45, 2.75) is 12.6 Å². The summed E-state index contributed by atoms with van der Waals surface area (Å²) in [7, 11) is 1.51. The van der Waals surface area contributed by atoms with Gasteiger partial charge in [0, 0.05) is 32.0 Å². The van der Waals surface area contributed by atoms with Crippen molar-refractivity contribution in [2.24, 2.45) is 0 Å². The van der Waals surface area contributed by atoms with Crippen molar-refractivity contribution < 1.29 is 13.2 Å². The Morgan fingerprint density at radius 1 is 1.26 bits per heavy atom. The Morgan fingerprint density at radius 2 is 2.05 bits per heavy atom. The molecule has 1 aromatic heterocycles. The number of aromatic nitrogens is 2. The first-order chi connectivity index (χ1) is 9.00. The summed E-state index contributed by atoms with van der Waals surface area (Å²) in [6, 6.07) is 1.02. The number of alkyl halides is 3. The predicted octanol–water partition coefficient (Wildman–Crippen LogP) is 2.48. The number of hydrogen-bond acceptors (Lipinski definition) is 5. The smallest absolute Gasteiger partial charge is 0.357 e. The summed E-state index contributed by atoms with van der Waals surface area (Å²) >= 11 is 1.81. The molecule has 1 aliphatic rings. The van der Waals surface area contributed by atoms with Crippen LogP contribution in [0.4, 0.5) is 24.9 Å². The first-order valence-electron chi connectivity index (χ1n) is 5.97. The molecular formula is C11H15F3N4S. The maximum Gasteiger partial charge on any atom is 0.433 e. The molecule has 0 radical (unpaired) electrons. The maximum absolute atomic E-state index is 12.8. The molecule has 1 fully saturated rings. The second-order valence-electron chi connectivity index (χ2n) is 4.14. The molecule has 1 N–H and O–H groups in total. The Kier molecular flexibility index (Phi) is 4.38. The number of nitrogens with zero attached hydrogens (tertiary/aromatic N) is 3. The van der Waals surface area contributed by atoms with Crippen LogP contribution in [-0.4, -0.2) is 41.6 Å². The highest BCUT2D eigenvalue weighted by Gasteiger charge is 2.34. The van der Waals surface area contributed by atoms with Crippen molar-refractivity contribution in [3.05, 3.63) is 11.8 Å². The zero-order valence-electron chi connectivity index (χ0n) is 10.5. The van der Waals surface area contributed by atoms with Gasteiger partial charge in [0.25, 0.3) is 0 Å². The highest BCUT2D eigenvalue weighted by atomic mass is 32.2. The van der Waals surface area contributed by atoms with Crippen LogP contribution in [0.1, 0.15) is 12.1 Å². The molecule has 0 amide bonds. The van der Waals surface area contributed by atoms with Gasteiger partial charge in [0.15, 0.2) is 5.69 Å². The van der Waals surface area contributed by atoms with Gasteiger partial charge in [-0.3, -0.25) is 0 Å². The lowest BCUT2D eigenvalue weighted by atomic mass is 10.3. The molecule has 19 heavy (non-hydrogen) atoms. The molecule has 0 aliphatic carbocycles. The summed E-state index contributed by atoms with van der Waals surface area (Å²) in [6.45, 7) is 1.44. The van der Waals surface area contributed by atoms with Gasteiger partial charge in [-0.25, -0.2) is 4.98 Å². The van der Waals surface area contributed by atoms with E-state index in [0.29, 0.717) is 12.4 Å². The zero-order valence-corrected chi connectivity index (χ0v) is 11.3. The Balaban J connectivity index is 2.33. The minimum atomic E-state index is -4.45. The lowest BCUT2D eigenvalue weighted by molar-refractivity contribution is -0.141. The standard InChI is InChI=1S/C11H15F3N4S/c1-15-10-16-8(11(12,13)14)7-9(17-10)18-3-2-5-19-6-4-18/h7H,2-6H2,1H3,(H,15,16,17). The molecular weight excluding hydrogens is 277 g/mol. The van der Waals surface area contributed by atoms with E-state index in [9.17, 15) is 13.2 Å². The van der Waals surface area contributed by atoms with Crippen molar-refractivity contribution in [3.63, 3.8) is 0 Å². The first kappa shape index (κ1) is 14.2. The van der Waals surface area contributed by atoms with Crippen LogP contribution in [0.25, 0.3) is 0 Å². The van der Waals surface area contributed by atoms with Crippen LogP contribution in [0.5, 0.6) is 0 Å². The molecule has 2 heterocycles. The monoisotopic (exact) mass is 292 g/mol. The van der Waals surface area contributed by atoms with Crippen molar-refractivity contribution in [1.29, 1.82) is 0 Å². The van der Waals surface area contributed by atoms with E-state index in [1.807, 2.05) is 16.7 Å². The number of anilines is 2. The zero-order chi connectivity index (χ0) is 13.9. The Labute approximate surface area is 113 Å². The van der Waals surface area contributed by atoms with E-state index in [0.717, 1.165) is 30.5 Å². The number of thioether (sulfide) groups is 1. The molecule has 2 rings (SSSR count). The Hall–Kier alpha value is -1.18. The van der Waals surface area contributed by atoms with Crippen LogP contribution < -0.4 is 10.2 Å². The number of hydrogen-bond donors (Lipinski definition) is 1. The van der Waals surface area contributed by atoms with Gasteiger partial charge >= 0.3 is 6.18 Å². The highest BCUT2D eigenvalue weighted by Crippen LogP contribution is 2.31. The molecule has 8 heteroatoms. The molecule has 0 spiro atoms. The van der Waals surface area contributed by atoms with Crippen molar-refractivity contribution in [3.8, 4) is 0 Å². The Morgan fingerprint density at radius 3 is 2.74 bits per heavy atom. The van der Waals surface area contributed by atoms with E-state index in [4.69, 9.17) is 0 Å². The van der Waals surface area contributed by atoms with Crippen LogP contribution in [-0.2, 0) is 6.18 Å². The highest BCUT2D eigenvalue weighted by molar-refractivity contribution is 7.99. The number of halogens is 3. The van der Waals surface area contributed by atoms with Gasteiger partial charge < -0.3 is 10.2 Å². The van der Waals surface area contributed by atoms with Gasteiger partial charge in [-0.1, -0.05) is 0 Å². The van der Waals surface area contributed by atoms with Gasteiger partial charge in [-0.2, -0.15) is 29.9 Å². The lowest BCUT2D eigenvalue weighted by Gasteiger charge is -2.22. The van der Waals surface area contributed by atoms with E-state index in [1.165, 1.54) is 7.05 Å². The van der Waals surface area contributed by atoms with E-state index in [-0.39, 0.29) is 5.95 Å². The molecule has 1 aromatic rings. The summed E-state index contributed by atoms with van der Waals surface area (Å²) in [5, 5.41) is 2.58. The van der Waals surface area contributed by atoms with Crippen LogP contribution in [0.15, 0.2) is 6.07 Å². The third-order valence-electron chi connectivity index (χ3n) is 2.77. The van der Waals surface area contributed by atoms with Crippen molar-refractivity contribution in [1.82, 2.24) is 9.97 Å². The second kappa shape index (κ2) is 5.85. The quantitative estimate of drug-likeness (QED) is 0.907. The van der Waals surface area contributed by atoms with Gasteiger partial charge in [0.2, 0.25) is 5.95 Å². The lowest BCUT2D eigenvalue weighted by Crippen LogP contribution is -2.27. The molecule has 106 valence electrons. The van der Waals surface area contributed by atoms with Gasteiger partial charge in [0.1, 0.15) is 5.82 Å². The van der Waals surface area contributed by atoms with Crippen LogP contribution in [0.2, 0.25) is 0 Å². The third kappa shape index (κ3) is 3.65. The van der Waals surface area contributed by atoms with Crippen molar-refractivity contribution in [2.75, 3.05) is 41.9 Å². The maximum atomic E-state index is 12.8. The van der Waals surface area contributed by atoms with E-state index in [1.54, 1.807) is 0 Å². The SMILES string of the molecule is CNc1nc(N2CCCSCC2)cc(C(F)(F)F)n1. The fourth-order valence-electron chi connectivity index (χ4n) is 1.83. The normalized spacial score (nSPS) is 17.2. The van der Waals surface area contributed by atoms with E-state index in [2.05, 4.69) is 15.3 Å². The van der Waals surface area contributed by atoms with Crippen LogP contribution in [0, 0.1) is 0 Å². The van der Waals surface area contributed by atoms with Crippen LogP contribution in [0.3, 0.4) is 0 Å². The summed E-state index contributed by atoms with van der Waals surface area (Å²) in [5.41, 5.74) is -0.904. The van der Waals surface area contributed by atoms with Gasteiger partial charge in [-0.15, -0.1) is 0 Å².